The number of nitrogens with one attached hydrogen (secondary N) is 1. The molecule has 1 amide bonds. The molecule has 15 heavy (non-hydrogen) atoms. The van der Waals surface area contributed by atoms with E-state index in [1.807, 2.05) is 0 Å². The molecule has 1 atom stereocenters. The number of nitrogens with two attached hydrogens (primary N) is 1. The van der Waals surface area contributed by atoms with Gasteiger partial charge >= 0.3 is 5.97 Å². The Bertz CT molecular complexity index is 259. The van der Waals surface area contributed by atoms with Crippen LogP contribution in [0.4, 0.5) is 0 Å². The summed E-state index contributed by atoms with van der Waals surface area (Å²) >= 11 is 0. The monoisotopic (exact) mass is 214 g/mol. The van der Waals surface area contributed by atoms with Gasteiger partial charge in [-0.3, -0.25) is 9.59 Å². The molecular formula is C10H18N2O3. The number of carbonyl (C=O) groups is 2. The Morgan fingerprint density at radius 2 is 2.13 bits per heavy atom. The SMILES string of the molecule is COC(=O)CC1(NC(=O)[C@H](C)N)CCC1. The van der Waals surface area contributed by atoms with Crippen LogP contribution in [-0.2, 0) is 14.3 Å². The van der Waals surface area contributed by atoms with Crippen LogP contribution in [0.2, 0.25) is 0 Å². The second-order valence-corrected chi connectivity index (χ2v) is 4.16. The summed E-state index contributed by atoms with van der Waals surface area (Å²) in [7, 11) is 1.35. The van der Waals surface area contributed by atoms with E-state index in [9.17, 15) is 9.59 Å². The number of hydrogen-bond donors (Lipinski definition) is 2. The van der Waals surface area contributed by atoms with E-state index in [1.165, 1.54) is 7.11 Å². The molecule has 1 fully saturated rings. The molecule has 0 unspecified atom stereocenters. The molecule has 86 valence electrons. The van der Waals surface area contributed by atoms with Gasteiger partial charge in [0.15, 0.2) is 0 Å². The predicted molar refractivity (Wildman–Crippen MR) is 55.0 cm³/mol. The summed E-state index contributed by atoms with van der Waals surface area (Å²) in [6.07, 6.45) is 2.90. The van der Waals surface area contributed by atoms with Crippen molar-refractivity contribution in [2.24, 2.45) is 5.73 Å². The molecule has 0 saturated heterocycles. The molecule has 5 heteroatoms. The van der Waals surface area contributed by atoms with Gasteiger partial charge in [-0.2, -0.15) is 0 Å². The van der Waals surface area contributed by atoms with Crippen molar-refractivity contribution in [1.82, 2.24) is 5.32 Å². The second kappa shape index (κ2) is 4.61. The van der Waals surface area contributed by atoms with E-state index in [2.05, 4.69) is 10.1 Å². The van der Waals surface area contributed by atoms with E-state index in [-0.39, 0.29) is 18.3 Å². The first-order valence-electron chi connectivity index (χ1n) is 5.13. The molecule has 1 saturated carbocycles. The van der Waals surface area contributed by atoms with Crippen LogP contribution in [0.25, 0.3) is 0 Å². The van der Waals surface area contributed by atoms with Crippen molar-refractivity contribution in [3.8, 4) is 0 Å². The molecule has 3 N–H and O–H groups in total. The fourth-order valence-electron chi connectivity index (χ4n) is 1.67. The number of hydrogen-bond acceptors (Lipinski definition) is 4. The van der Waals surface area contributed by atoms with Gasteiger partial charge in [0.1, 0.15) is 0 Å². The molecule has 5 nitrogen and oxygen atoms in total. The van der Waals surface area contributed by atoms with E-state index >= 15 is 0 Å². The van der Waals surface area contributed by atoms with Gasteiger partial charge in [0.05, 0.1) is 25.1 Å². The Morgan fingerprint density at radius 3 is 2.47 bits per heavy atom. The van der Waals surface area contributed by atoms with Crippen LogP contribution < -0.4 is 11.1 Å². The van der Waals surface area contributed by atoms with Crippen LogP contribution in [0.15, 0.2) is 0 Å². The quantitative estimate of drug-likeness (QED) is 0.642. The van der Waals surface area contributed by atoms with Crippen molar-refractivity contribution in [2.45, 2.75) is 44.2 Å². The topological polar surface area (TPSA) is 81.4 Å². The Kier molecular flexibility index (Phi) is 3.68. The number of esters is 1. The van der Waals surface area contributed by atoms with Crippen LogP contribution in [0, 0.1) is 0 Å². The third-order valence-electron chi connectivity index (χ3n) is 2.82. The lowest BCUT2D eigenvalue weighted by molar-refractivity contribution is -0.144. The largest absolute Gasteiger partial charge is 0.469 e. The van der Waals surface area contributed by atoms with E-state index in [1.54, 1.807) is 6.92 Å². The second-order valence-electron chi connectivity index (χ2n) is 4.16. The zero-order valence-corrected chi connectivity index (χ0v) is 9.21. The third kappa shape index (κ3) is 2.92. The Hall–Kier alpha value is -1.10. The van der Waals surface area contributed by atoms with Crippen LogP contribution in [-0.4, -0.2) is 30.6 Å². The highest BCUT2D eigenvalue weighted by molar-refractivity contribution is 5.83. The first kappa shape index (κ1) is 12.0. The summed E-state index contributed by atoms with van der Waals surface area (Å²) in [4.78, 5) is 22.6. The van der Waals surface area contributed by atoms with Gasteiger partial charge in [0.25, 0.3) is 0 Å². The highest BCUT2D eigenvalue weighted by Gasteiger charge is 2.40. The van der Waals surface area contributed by atoms with E-state index in [0.29, 0.717) is 0 Å². The van der Waals surface area contributed by atoms with Crippen LogP contribution in [0.1, 0.15) is 32.6 Å². The van der Waals surface area contributed by atoms with Crippen molar-refractivity contribution in [2.75, 3.05) is 7.11 Å². The minimum atomic E-state index is -0.542. The number of carbonyl (C=O) groups excluding carboxylic acids is 2. The van der Waals surface area contributed by atoms with Crippen LogP contribution >= 0.6 is 0 Å². The lowest BCUT2D eigenvalue weighted by Crippen LogP contribution is -2.57. The van der Waals surface area contributed by atoms with Gasteiger partial charge in [0.2, 0.25) is 5.91 Å². The minimum absolute atomic E-state index is 0.210. The van der Waals surface area contributed by atoms with E-state index < -0.39 is 11.6 Å². The third-order valence-corrected chi connectivity index (χ3v) is 2.82. The highest BCUT2D eigenvalue weighted by Crippen LogP contribution is 2.35. The summed E-state index contributed by atoms with van der Waals surface area (Å²) in [6, 6.07) is -0.542. The van der Waals surface area contributed by atoms with Gasteiger partial charge < -0.3 is 15.8 Å². The number of rotatable bonds is 4. The predicted octanol–water partition coefficient (Wildman–Crippen LogP) is -0.0644. The van der Waals surface area contributed by atoms with Crippen molar-refractivity contribution in [3.63, 3.8) is 0 Å². The summed E-state index contributed by atoms with van der Waals surface area (Å²) in [6.45, 7) is 1.62. The average molecular weight is 214 g/mol. The fourth-order valence-corrected chi connectivity index (χ4v) is 1.67. The lowest BCUT2D eigenvalue weighted by atomic mass is 9.74. The first-order valence-corrected chi connectivity index (χ1v) is 5.13. The lowest BCUT2D eigenvalue weighted by Gasteiger charge is -2.42. The smallest absolute Gasteiger partial charge is 0.307 e. The average Bonchev–Trinajstić information content (AvgIpc) is 2.13. The molecule has 1 aliphatic carbocycles. The molecule has 0 spiro atoms. The first-order chi connectivity index (χ1) is 6.99. The molecule has 0 aromatic carbocycles. The van der Waals surface area contributed by atoms with E-state index in [0.717, 1.165) is 19.3 Å². The molecule has 1 aliphatic rings. The van der Waals surface area contributed by atoms with Crippen molar-refractivity contribution in [1.29, 1.82) is 0 Å². The van der Waals surface area contributed by atoms with E-state index in [4.69, 9.17) is 5.73 Å². The van der Waals surface area contributed by atoms with Gasteiger partial charge in [-0.05, 0) is 26.2 Å². The molecule has 0 aliphatic heterocycles. The number of methoxy groups -OCH3 is 1. The molecule has 0 heterocycles. The summed E-state index contributed by atoms with van der Waals surface area (Å²) < 4.78 is 4.60. The number of ether oxygens (including phenoxy) is 1. The van der Waals surface area contributed by atoms with Crippen LogP contribution in [0.5, 0.6) is 0 Å². The molecule has 0 aromatic rings. The summed E-state index contributed by atoms with van der Waals surface area (Å²) in [5.74, 6) is -0.502. The molecule has 0 radical (unpaired) electrons. The minimum Gasteiger partial charge on any atom is -0.469 e. The van der Waals surface area contributed by atoms with Gasteiger partial charge in [-0.25, -0.2) is 0 Å². The Labute approximate surface area is 89.3 Å². The normalized spacial score (nSPS) is 19.9. The van der Waals surface area contributed by atoms with Crippen molar-refractivity contribution in [3.05, 3.63) is 0 Å². The fraction of sp³-hybridized carbons (Fsp3) is 0.800. The maximum atomic E-state index is 11.4. The zero-order chi connectivity index (χ0) is 11.5. The van der Waals surface area contributed by atoms with Crippen molar-refractivity contribution < 1.29 is 14.3 Å². The molecule has 1 rings (SSSR count). The van der Waals surface area contributed by atoms with Gasteiger partial charge in [-0.15, -0.1) is 0 Å². The van der Waals surface area contributed by atoms with Gasteiger partial charge in [0, 0.05) is 0 Å². The number of amides is 1. The maximum Gasteiger partial charge on any atom is 0.307 e. The standard InChI is InChI=1S/C10H18N2O3/c1-7(11)9(14)12-10(4-3-5-10)6-8(13)15-2/h7H,3-6,11H2,1-2H3,(H,12,14)/t7-/m0/s1. The molecule has 0 bridgehead atoms. The van der Waals surface area contributed by atoms with Crippen LogP contribution in [0.3, 0.4) is 0 Å². The molecule has 0 aromatic heterocycles. The molecular weight excluding hydrogens is 196 g/mol. The van der Waals surface area contributed by atoms with Gasteiger partial charge in [-0.1, -0.05) is 0 Å². The zero-order valence-electron chi connectivity index (χ0n) is 9.21. The Morgan fingerprint density at radius 1 is 1.53 bits per heavy atom. The van der Waals surface area contributed by atoms with Crippen molar-refractivity contribution >= 4 is 11.9 Å². The summed E-state index contributed by atoms with van der Waals surface area (Å²) in [5, 5.41) is 2.83. The Balaban J connectivity index is 2.53. The maximum absolute atomic E-state index is 11.4. The summed E-state index contributed by atoms with van der Waals surface area (Å²) in [5.41, 5.74) is 5.05. The highest BCUT2D eigenvalue weighted by atomic mass is 16.5.